The van der Waals surface area contributed by atoms with Crippen molar-refractivity contribution in [3.63, 3.8) is 0 Å². The van der Waals surface area contributed by atoms with Crippen molar-refractivity contribution in [1.29, 1.82) is 0 Å². The molecule has 0 aliphatic heterocycles. The minimum atomic E-state index is 0.0777. The molecule has 2 aromatic carbocycles. The summed E-state index contributed by atoms with van der Waals surface area (Å²) in [6, 6.07) is 8.60. The van der Waals surface area contributed by atoms with Crippen LogP contribution in [0.3, 0.4) is 0 Å². The van der Waals surface area contributed by atoms with Gasteiger partial charge in [-0.25, -0.2) is 0 Å². The molecular formula is C18H22O4. The first-order chi connectivity index (χ1) is 10.5. The lowest BCUT2D eigenvalue weighted by Crippen LogP contribution is -1.99. The minimum Gasteiger partial charge on any atom is -0.508 e. The van der Waals surface area contributed by atoms with Crippen molar-refractivity contribution < 1.29 is 19.7 Å². The smallest absolute Gasteiger partial charge is 0.126 e. The van der Waals surface area contributed by atoms with E-state index in [-0.39, 0.29) is 11.5 Å². The van der Waals surface area contributed by atoms with Crippen LogP contribution in [-0.4, -0.2) is 24.4 Å². The number of ether oxygens (including phenoxy) is 2. The zero-order chi connectivity index (χ0) is 16.1. The molecule has 0 aliphatic carbocycles. The number of phenols is 2. The van der Waals surface area contributed by atoms with Gasteiger partial charge in [-0.1, -0.05) is 6.07 Å². The van der Waals surface area contributed by atoms with Gasteiger partial charge in [-0.15, -0.1) is 0 Å². The second-order valence-electron chi connectivity index (χ2n) is 5.29. The normalized spacial score (nSPS) is 10.5. The van der Waals surface area contributed by atoms with E-state index in [2.05, 4.69) is 0 Å². The molecule has 4 heteroatoms. The number of aromatic hydroxyl groups is 2. The molecule has 22 heavy (non-hydrogen) atoms. The van der Waals surface area contributed by atoms with E-state index in [4.69, 9.17) is 9.47 Å². The molecule has 0 spiro atoms. The average molecular weight is 302 g/mol. The van der Waals surface area contributed by atoms with E-state index in [1.165, 1.54) is 6.07 Å². The molecule has 0 saturated carbocycles. The van der Waals surface area contributed by atoms with Gasteiger partial charge in [0.2, 0.25) is 0 Å². The molecule has 0 aliphatic rings. The van der Waals surface area contributed by atoms with Crippen LogP contribution in [0.15, 0.2) is 30.3 Å². The first-order valence-electron chi connectivity index (χ1n) is 7.27. The fourth-order valence-electron chi connectivity index (χ4n) is 2.59. The first kappa shape index (κ1) is 16.0. The number of methoxy groups -OCH3 is 2. The molecule has 0 atom stereocenters. The van der Waals surface area contributed by atoms with Gasteiger partial charge in [-0.2, -0.15) is 0 Å². The summed E-state index contributed by atoms with van der Waals surface area (Å²) in [7, 11) is 3.30. The Bertz CT molecular complexity index is 650. The highest BCUT2D eigenvalue weighted by Crippen LogP contribution is 2.30. The van der Waals surface area contributed by atoms with Gasteiger partial charge in [0.15, 0.2) is 0 Å². The van der Waals surface area contributed by atoms with Gasteiger partial charge in [-0.05, 0) is 55.0 Å². The Balaban J connectivity index is 2.08. The lowest BCUT2D eigenvalue weighted by atomic mass is 9.99. The molecule has 2 aromatic rings. The quantitative estimate of drug-likeness (QED) is 0.856. The number of phenolic OH excluding ortho intramolecular Hbond substituents is 2. The zero-order valence-electron chi connectivity index (χ0n) is 13.2. The summed E-state index contributed by atoms with van der Waals surface area (Å²) in [5, 5.41) is 19.1. The topological polar surface area (TPSA) is 58.9 Å². The van der Waals surface area contributed by atoms with Crippen molar-refractivity contribution in [1.82, 2.24) is 0 Å². The van der Waals surface area contributed by atoms with E-state index in [1.807, 2.05) is 19.1 Å². The summed E-state index contributed by atoms with van der Waals surface area (Å²) in [4.78, 5) is 0. The van der Waals surface area contributed by atoms with Gasteiger partial charge >= 0.3 is 0 Å². The molecule has 0 radical (unpaired) electrons. The molecule has 118 valence electrons. The number of benzene rings is 2. The Morgan fingerprint density at radius 1 is 0.955 bits per heavy atom. The molecule has 2 N–H and O–H groups in total. The molecule has 0 amide bonds. The largest absolute Gasteiger partial charge is 0.508 e. The molecule has 0 bridgehead atoms. The molecule has 0 aromatic heterocycles. The van der Waals surface area contributed by atoms with Crippen LogP contribution in [0, 0.1) is 6.92 Å². The second-order valence-corrected chi connectivity index (χ2v) is 5.29. The molecule has 4 nitrogen and oxygen atoms in total. The Kier molecular flexibility index (Phi) is 5.15. The fraction of sp³-hybridized carbons (Fsp3) is 0.333. The monoisotopic (exact) mass is 302 g/mol. The van der Waals surface area contributed by atoms with Crippen LogP contribution < -0.4 is 9.47 Å². The summed E-state index contributed by atoms with van der Waals surface area (Å²) in [6.07, 6.45) is 2.46. The summed E-state index contributed by atoms with van der Waals surface area (Å²) in [5.74, 6) is 1.83. The van der Waals surface area contributed by atoms with E-state index >= 15 is 0 Å². The van der Waals surface area contributed by atoms with Crippen LogP contribution >= 0.6 is 0 Å². The average Bonchev–Trinajstić information content (AvgIpc) is 2.50. The predicted molar refractivity (Wildman–Crippen MR) is 86.1 cm³/mol. The predicted octanol–water partition coefficient (Wildman–Crippen LogP) is 3.60. The van der Waals surface area contributed by atoms with Crippen LogP contribution in [0.1, 0.15) is 23.1 Å². The number of aryl methyl sites for hydroxylation is 2. The summed E-state index contributed by atoms with van der Waals surface area (Å²) in [5.41, 5.74) is 3.12. The van der Waals surface area contributed by atoms with Crippen molar-refractivity contribution in [2.24, 2.45) is 0 Å². The highest BCUT2D eigenvalue weighted by molar-refractivity contribution is 5.46. The van der Waals surface area contributed by atoms with Gasteiger partial charge in [0.25, 0.3) is 0 Å². The lowest BCUT2D eigenvalue weighted by Gasteiger charge is -2.14. The Labute approximate surface area is 130 Å². The van der Waals surface area contributed by atoms with Crippen molar-refractivity contribution in [3.8, 4) is 23.0 Å². The third kappa shape index (κ3) is 3.64. The van der Waals surface area contributed by atoms with Gasteiger partial charge in [0.05, 0.1) is 14.2 Å². The maximum atomic E-state index is 9.81. The molecule has 0 unspecified atom stereocenters. The Hall–Kier alpha value is -2.36. The Morgan fingerprint density at radius 3 is 2.36 bits per heavy atom. The van der Waals surface area contributed by atoms with Gasteiger partial charge in [0.1, 0.15) is 23.0 Å². The second kappa shape index (κ2) is 7.07. The first-order valence-corrected chi connectivity index (χ1v) is 7.27. The van der Waals surface area contributed by atoms with Gasteiger partial charge in [-0.3, -0.25) is 0 Å². The van der Waals surface area contributed by atoms with Crippen LogP contribution in [0.5, 0.6) is 23.0 Å². The van der Waals surface area contributed by atoms with E-state index in [9.17, 15) is 10.2 Å². The van der Waals surface area contributed by atoms with Crippen LogP contribution in [0.25, 0.3) is 0 Å². The molecule has 2 rings (SSSR count). The number of hydrogen-bond acceptors (Lipinski definition) is 4. The maximum Gasteiger partial charge on any atom is 0.126 e. The lowest BCUT2D eigenvalue weighted by molar-refractivity contribution is 0.390. The van der Waals surface area contributed by atoms with Crippen LogP contribution in [0.4, 0.5) is 0 Å². The van der Waals surface area contributed by atoms with E-state index in [1.54, 1.807) is 26.4 Å². The van der Waals surface area contributed by atoms with E-state index in [0.717, 1.165) is 47.5 Å². The molecule has 0 fully saturated rings. The van der Waals surface area contributed by atoms with E-state index in [0.29, 0.717) is 0 Å². The van der Waals surface area contributed by atoms with Crippen molar-refractivity contribution in [3.05, 3.63) is 47.0 Å². The van der Waals surface area contributed by atoms with Crippen LogP contribution in [-0.2, 0) is 12.8 Å². The van der Waals surface area contributed by atoms with Crippen molar-refractivity contribution in [2.45, 2.75) is 26.2 Å². The molecular weight excluding hydrogens is 280 g/mol. The standard InChI is InChI=1S/C18H22O4/c1-12-9-15(21-2)11-18(22-3)16(12)6-4-5-13-7-8-14(19)10-17(13)20/h7-11,19-20H,4-6H2,1-3H3. The summed E-state index contributed by atoms with van der Waals surface area (Å²) in [6.45, 7) is 2.04. The third-order valence-corrected chi connectivity index (χ3v) is 3.80. The van der Waals surface area contributed by atoms with E-state index < -0.39 is 0 Å². The SMILES string of the molecule is COc1cc(C)c(CCCc2ccc(O)cc2O)c(OC)c1. The fourth-order valence-corrected chi connectivity index (χ4v) is 2.59. The highest BCUT2D eigenvalue weighted by Gasteiger charge is 2.10. The number of hydrogen-bond donors (Lipinski definition) is 2. The Morgan fingerprint density at radius 2 is 1.73 bits per heavy atom. The zero-order valence-corrected chi connectivity index (χ0v) is 13.2. The molecule has 0 saturated heterocycles. The summed E-state index contributed by atoms with van der Waals surface area (Å²) >= 11 is 0. The maximum absolute atomic E-state index is 9.81. The van der Waals surface area contributed by atoms with Gasteiger partial charge in [0, 0.05) is 12.1 Å². The summed E-state index contributed by atoms with van der Waals surface area (Å²) < 4.78 is 10.7. The third-order valence-electron chi connectivity index (χ3n) is 3.80. The van der Waals surface area contributed by atoms with Gasteiger partial charge < -0.3 is 19.7 Å². The van der Waals surface area contributed by atoms with Crippen LogP contribution in [0.2, 0.25) is 0 Å². The van der Waals surface area contributed by atoms with Crippen molar-refractivity contribution >= 4 is 0 Å². The minimum absolute atomic E-state index is 0.0777. The highest BCUT2D eigenvalue weighted by atomic mass is 16.5. The molecule has 0 heterocycles. The number of rotatable bonds is 6. The van der Waals surface area contributed by atoms with Crippen molar-refractivity contribution in [2.75, 3.05) is 14.2 Å².